The van der Waals surface area contributed by atoms with E-state index < -0.39 is 12.0 Å². The van der Waals surface area contributed by atoms with Crippen molar-refractivity contribution in [1.29, 1.82) is 0 Å². The first-order valence-electron chi connectivity index (χ1n) is 8.19. The molecule has 0 radical (unpaired) electrons. The van der Waals surface area contributed by atoms with E-state index in [9.17, 15) is 14.7 Å². The van der Waals surface area contributed by atoms with E-state index in [0.29, 0.717) is 38.3 Å². The zero-order chi connectivity index (χ0) is 16.8. The maximum atomic E-state index is 12.3. The minimum atomic E-state index is -0.902. The lowest BCUT2D eigenvalue weighted by molar-refractivity contribution is -0.153. The lowest BCUT2D eigenvalue weighted by Crippen LogP contribution is -2.49. The Hall–Kier alpha value is -2.04. The van der Waals surface area contributed by atoms with Crippen LogP contribution in [0.1, 0.15) is 38.2 Å². The highest BCUT2D eigenvalue weighted by Crippen LogP contribution is 2.23. The average Bonchev–Trinajstić information content (AvgIpc) is 2.51. The van der Waals surface area contributed by atoms with Gasteiger partial charge >= 0.3 is 5.97 Å². The first-order chi connectivity index (χ1) is 11.0. The van der Waals surface area contributed by atoms with Gasteiger partial charge in [-0.3, -0.25) is 4.79 Å². The fourth-order valence-electron chi connectivity index (χ4n) is 2.94. The highest BCUT2D eigenvalue weighted by Gasteiger charge is 2.34. The average molecular weight is 319 g/mol. The number of benzene rings is 1. The van der Waals surface area contributed by atoms with E-state index in [1.807, 2.05) is 38.1 Å². The number of aliphatic carboxylic acids is 1. The number of hydrogen-bond acceptors (Lipinski definition) is 3. The quantitative estimate of drug-likeness (QED) is 0.819. The van der Waals surface area contributed by atoms with E-state index in [1.54, 1.807) is 0 Å². The van der Waals surface area contributed by atoms with Crippen LogP contribution in [0.4, 0.5) is 0 Å². The van der Waals surface area contributed by atoms with Gasteiger partial charge in [0.25, 0.3) is 0 Å². The second kappa shape index (κ2) is 7.99. The number of nitrogens with zero attached hydrogens (tertiary/aromatic N) is 1. The smallest absolute Gasteiger partial charge is 0.326 e. The van der Waals surface area contributed by atoms with Gasteiger partial charge in [-0.1, -0.05) is 19.1 Å². The number of carbonyl (C=O) groups is 2. The van der Waals surface area contributed by atoms with Gasteiger partial charge in [-0.15, -0.1) is 0 Å². The molecule has 1 N–H and O–H groups in total. The molecular formula is C18H25NO4. The molecule has 0 aliphatic carbocycles. The summed E-state index contributed by atoms with van der Waals surface area (Å²) in [4.78, 5) is 25.2. The first kappa shape index (κ1) is 17.3. The van der Waals surface area contributed by atoms with Crippen molar-refractivity contribution in [1.82, 2.24) is 4.90 Å². The zero-order valence-electron chi connectivity index (χ0n) is 13.8. The number of carboxylic acids is 1. The number of amides is 1. The monoisotopic (exact) mass is 319 g/mol. The third-order valence-corrected chi connectivity index (χ3v) is 4.26. The number of aryl methyl sites for hydroxylation is 1. The van der Waals surface area contributed by atoms with Gasteiger partial charge in [0.15, 0.2) is 0 Å². The second-order valence-corrected chi connectivity index (χ2v) is 6.34. The number of hydrogen-bond donors (Lipinski definition) is 1. The van der Waals surface area contributed by atoms with Crippen molar-refractivity contribution in [2.24, 2.45) is 5.92 Å². The molecule has 2 unspecified atom stereocenters. The lowest BCUT2D eigenvalue weighted by Gasteiger charge is -2.36. The number of carboxylic acid groups (broad SMARTS) is 1. The maximum absolute atomic E-state index is 12.3. The Morgan fingerprint density at radius 1 is 1.39 bits per heavy atom. The van der Waals surface area contributed by atoms with Gasteiger partial charge in [0.05, 0.1) is 6.61 Å². The molecule has 2 atom stereocenters. The Kier molecular flexibility index (Phi) is 6.02. The molecule has 1 aliphatic heterocycles. The molecule has 126 valence electrons. The van der Waals surface area contributed by atoms with E-state index in [2.05, 4.69) is 0 Å². The summed E-state index contributed by atoms with van der Waals surface area (Å²) in [6.45, 7) is 5.03. The topological polar surface area (TPSA) is 66.8 Å². The molecule has 1 heterocycles. The van der Waals surface area contributed by atoms with Crippen LogP contribution >= 0.6 is 0 Å². The number of rotatable bonds is 6. The summed E-state index contributed by atoms with van der Waals surface area (Å²) in [6, 6.07) is 7.10. The van der Waals surface area contributed by atoms with Crippen LogP contribution in [0, 0.1) is 12.8 Å². The van der Waals surface area contributed by atoms with Gasteiger partial charge in [-0.25, -0.2) is 4.79 Å². The third kappa shape index (κ3) is 4.98. The van der Waals surface area contributed by atoms with Gasteiger partial charge in [-0.2, -0.15) is 0 Å². The summed E-state index contributed by atoms with van der Waals surface area (Å²) in [5.74, 6) is 0.163. The van der Waals surface area contributed by atoms with Gasteiger partial charge in [0.1, 0.15) is 11.8 Å². The Morgan fingerprint density at radius 2 is 2.17 bits per heavy atom. The minimum absolute atomic E-state index is 0.0860. The fraction of sp³-hybridized carbons (Fsp3) is 0.556. The molecule has 5 nitrogen and oxygen atoms in total. The highest BCUT2D eigenvalue weighted by atomic mass is 16.5. The van der Waals surface area contributed by atoms with Crippen molar-refractivity contribution in [3.8, 4) is 5.75 Å². The van der Waals surface area contributed by atoms with Crippen molar-refractivity contribution in [2.45, 2.75) is 45.6 Å². The minimum Gasteiger partial charge on any atom is -0.494 e. The molecule has 1 aromatic carbocycles. The van der Waals surface area contributed by atoms with Crippen LogP contribution in [0.25, 0.3) is 0 Å². The lowest BCUT2D eigenvalue weighted by atomic mass is 9.92. The molecule has 0 bridgehead atoms. The van der Waals surface area contributed by atoms with Crippen molar-refractivity contribution >= 4 is 11.9 Å². The van der Waals surface area contributed by atoms with Crippen LogP contribution in [-0.2, 0) is 9.59 Å². The molecule has 1 amide bonds. The van der Waals surface area contributed by atoms with Crippen LogP contribution in [0.15, 0.2) is 24.3 Å². The maximum Gasteiger partial charge on any atom is 0.326 e. The molecule has 23 heavy (non-hydrogen) atoms. The van der Waals surface area contributed by atoms with E-state index >= 15 is 0 Å². The summed E-state index contributed by atoms with van der Waals surface area (Å²) in [7, 11) is 0. The molecule has 1 saturated heterocycles. The van der Waals surface area contributed by atoms with E-state index in [-0.39, 0.29) is 5.91 Å². The van der Waals surface area contributed by atoms with Crippen molar-refractivity contribution in [2.75, 3.05) is 13.2 Å². The largest absolute Gasteiger partial charge is 0.494 e. The van der Waals surface area contributed by atoms with Gasteiger partial charge < -0.3 is 14.7 Å². The van der Waals surface area contributed by atoms with Crippen LogP contribution < -0.4 is 4.74 Å². The molecule has 0 aromatic heterocycles. The van der Waals surface area contributed by atoms with E-state index in [0.717, 1.165) is 17.7 Å². The molecule has 2 rings (SSSR count). The number of piperidine rings is 1. The predicted molar refractivity (Wildman–Crippen MR) is 87.4 cm³/mol. The summed E-state index contributed by atoms with van der Waals surface area (Å²) < 4.78 is 5.63. The Bertz CT molecular complexity index is 558. The first-order valence-corrected chi connectivity index (χ1v) is 8.19. The molecular weight excluding hydrogens is 294 g/mol. The fourth-order valence-corrected chi connectivity index (χ4v) is 2.94. The Morgan fingerprint density at radius 3 is 2.87 bits per heavy atom. The molecule has 1 aromatic rings. The van der Waals surface area contributed by atoms with Crippen LogP contribution in [0.5, 0.6) is 5.75 Å². The number of ether oxygens (including phenoxy) is 1. The van der Waals surface area contributed by atoms with Crippen molar-refractivity contribution < 1.29 is 19.4 Å². The Balaban J connectivity index is 1.78. The van der Waals surface area contributed by atoms with Crippen LogP contribution in [-0.4, -0.2) is 41.1 Å². The normalized spacial score (nSPS) is 21.0. The SMILES string of the molecule is Cc1cccc(OCCCC(=O)N2CCC(C)CC2C(=O)O)c1. The molecule has 0 spiro atoms. The predicted octanol–water partition coefficient (Wildman–Crippen LogP) is 2.87. The summed E-state index contributed by atoms with van der Waals surface area (Å²) in [5.41, 5.74) is 1.13. The van der Waals surface area contributed by atoms with Gasteiger partial charge in [-0.05, 0) is 49.8 Å². The summed E-state index contributed by atoms with van der Waals surface area (Å²) in [6.07, 6.45) is 2.32. The van der Waals surface area contributed by atoms with Crippen molar-refractivity contribution in [3.05, 3.63) is 29.8 Å². The number of likely N-dealkylation sites (tertiary alicyclic amines) is 1. The molecule has 1 aliphatic rings. The van der Waals surface area contributed by atoms with Crippen LogP contribution in [0.2, 0.25) is 0 Å². The third-order valence-electron chi connectivity index (χ3n) is 4.26. The standard InChI is InChI=1S/C18H25NO4/c1-13-5-3-6-15(11-13)23-10-4-7-17(20)19-9-8-14(2)12-16(19)18(21)22/h3,5-6,11,14,16H,4,7-10,12H2,1-2H3,(H,21,22). The molecule has 0 saturated carbocycles. The highest BCUT2D eigenvalue weighted by molar-refractivity contribution is 5.83. The van der Waals surface area contributed by atoms with E-state index in [1.165, 1.54) is 4.90 Å². The van der Waals surface area contributed by atoms with Gasteiger partial charge in [0, 0.05) is 13.0 Å². The van der Waals surface area contributed by atoms with Gasteiger partial charge in [0.2, 0.25) is 5.91 Å². The Labute approximate surface area is 137 Å². The van der Waals surface area contributed by atoms with Crippen LogP contribution in [0.3, 0.4) is 0 Å². The summed E-state index contributed by atoms with van der Waals surface area (Å²) >= 11 is 0. The summed E-state index contributed by atoms with van der Waals surface area (Å²) in [5, 5.41) is 9.30. The van der Waals surface area contributed by atoms with Crippen molar-refractivity contribution in [3.63, 3.8) is 0 Å². The number of carbonyl (C=O) groups excluding carboxylic acids is 1. The van der Waals surface area contributed by atoms with E-state index in [4.69, 9.17) is 4.74 Å². The second-order valence-electron chi connectivity index (χ2n) is 6.34. The molecule has 5 heteroatoms. The zero-order valence-corrected chi connectivity index (χ0v) is 13.8. The molecule has 1 fully saturated rings.